The van der Waals surface area contributed by atoms with Crippen LogP contribution in [0, 0.1) is 0 Å². The van der Waals surface area contributed by atoms with Gasteiger partial charge in [0.25, 0.3) is 11.8 Å². The molecule has 6 rings (SSSR count). The normalized spacial score (nSPS) is 16.1. The zero-order chi connectivity index (χ0) is 24.9. The molecule has 0 bridgehead atoms. The van der Waals surface area contributed by atoms with Gasteiger partial charge in [0.15, 0.2) is 5.16 Å². The number of sulfone groups is 1. The van der Waals surface area contributed by atoms with E-state index >= 15 is 0 Å². The Kier molecular flexibility index (Phi) is 5.68. The highest BCUT2D eigenvalue weighted by Gasteiger charge is 2.25. The maximum Gasteiger partial charge on any atom is 0.253 e. The van der Waals surface area contributed by atoms with E-state index < -0.39 is 20.6 Å². The average Bonchev–Trinajstić information content (AvgIpc) is 3.27. The van der Waals surface area contributed by atoms with Crippen molar-refractivity contribution in [2.24, 2.45) is 0 Å². The third-order valence-electron chi connectivity index (χ3n) is 5.78. The number of carbonyl (C=O) groups excluding carboxylic acids is 2. The number of carbonyl (C=O) groups is 2. The van der Waals surface area contributed by atoms with Crippen LogP contribution in [-0.2, 0) is 33.7 Å². The minimum absolute atomic E-state index is 0.0152. The van der Waals surface area contributed by atoms with Crippen LogP contribution < -0.4 is 10.6 Å². The van der Waals surface area contributed by atoms with E-state index in [0.29, 0.717) is 53.5 Å². The monoisotopic (exact) mass is 514 g/mol. The Bertz CT molecular complexity index is 1650. The van der Waals surface area contributed by atoms with E-state index in [4.69, 9.17) is 0 Å². The topological polar surface area (TPSA) is 145 Å². The minimum Gasteiger partial charge on any atom is -0.350 e. The van der Waals surface area contributed by atoms with Gasteiger partial charge in [-0.3, -0.25) is 13.8 Å². The number of hydrogen-bond acceptors (Lipinski definition) is 7. The molecular formula is C22H22N6O5S2. The fourth-order valence-electron chi connectivity index (χ4n) is 4.37. The van der Waals surface area contributed by atoms with Crippen molar-refractivity contribution in [3.8, 4) is 0 Å². The molecule has 0 spiro atoms. The maximum absolute atomic E-state index is 11.8. The first-order valence-electron chi connectivity index (χ1n) is 10.7. The number of rotatable bonds is 2. The standard InChI is InChI=1S/C11H11N3O3S.C11H11N3O2S/c1-18(16,17)11-13-8-4-2-3-7-9(8)14(11)6-5-12-10(7)15;1-17(16)11-13-8-4-2-3-7-9(8)14(11)6-5-12-10(7)15/h2-4H,5-6H2,1H3,(H,12,15);2-4H,5-6H2,1H3,(H,12,15). The van der Waals surface area contributed by atoms with Crippen molar-refractivity contribution in [2.75, 3.05) is 25.6 Å². The summed E-state index contributed by atoms with van der Waals surface area (Å²) in [6.07, 6.45) is 2.72. The fourth-order valence-corrected chi connectivity index (χ4v) is 5.93. The molecule has 35 heavy (non-hydrogen) atoms. The lowest BCUT2D eigenvalue weighted by atomic mass is 10.2. The molecule has 0 saturated carbocycles. The van der Waals surface area contributed by atoms with Gasteiger partial charge in [-0.05, 0) is 24.3 Å². The summed E-state index contributed by atoms with van der Waals surface area (Å²) in [5.41, 5.74) is 3.70. The summed E-state index contributed by atoms with van der Waals surface area (Å²) >= 11 is 0. The molecule has 4 heterocycles. The molecule has 2 aromatic carbocycles. The molecule has 182 valence electrons. The second-order valence-corrected chi connectivity index (χ2v) is 11.4. The average molecular weight is 515 g/mol. The molecule has 2 aromatic heterocycles. The van der Waals surface area contributed by atoms with E-state index in [2.05, 4.69) is 20.6 Å². The molecule has 0 aliphatic carbocycles. The predicted molar refractivity (Wildman–Crippen MR) is 130 cm³/mol. The lowest BCUT2D eigenvalue weighted by Gasteiger charge is -2.04. The Balaban J connectivity index is 0.000000145. The molecule has 2 aliphatic rings. The largest absolute Gasteiger partial charge is 0.350 e. The molecular weight excluding hydrogens is 492 g/mol. The number of amides is 2. The van der Waals surface area contributed by atoms with Crippen LogP contribution in [0.15, 0.2) is 46.7 Å². The molecule has 0 saturated heterocycles. The Morgan fingerprint density at radius 3 is 1.91 bits per heavy atom. The van der Waals surface area contributed by atoms with E-state index in [1.807, 2.05) is 10.6 Å². The molecule has 2 N–H and O–H groups in total. The Morgan fingerprint density at radius 2 is 1.37 bits per heavy atom. The van der Waals surface area contributed by atoms with Crippen LogP contribution >= 0.6 is 0 Å². The summed E-state index contributed by atoms with van der Waals surface area (Å²) < 4.78 is 38.6. The van der Waals surface area contributed by atoms with Gasteiger partial charge in [-0.25, -0.2) is 18.4 Å². The van der Waals surface area contributed by atoms with Crippen molar-refractivity contribution in [3.63, 3.8) is 0 Å². The Hall–Kier alpha value is -3.58. The zero-order valence-electron chi connectivity index (χ0n) is 18.9. The number of hydrogen-bond donors (Lipinski definition) is 2. The number of aromatic nitrogens is 4. The number of imidazole rings is 2. The Morgan fingerprint density at radius 1 is 0.857 bits per heavy atom. The fraction of sp³-hybridized carbons (Fsp3) is 0.273. The van der Waals surface area contributed by atoms with Crippen LogP contribution in [0.3, 0.4) is 0 Å². The molecule has 1 unspecified atom stereocenters. The second-order valence-electron chi connectivity index (χ2n) is 8.18. The van der Waals surface area contributed by atoms with Crippen molar-refractivity contribution in [3.05, 3.63) is 47.5 Å². The minimum atomic E-state index is -3.41. The third kappa shape index (κ3) is 4.00. The van der Waals surface area contributed by atoms with E-state index in [9.17, 15) is 22.2 Å². The van der Waals surface area contributed by atoms with Gasteiger partial charge in [-0.15, -0.1) is 0 Å². The van der Waals surface area contributed by atoms with Gasteiger partial charge in [0.1, 0.15) is 0 Å². The lowest BCUT2D eigenvalue weighted by molar-refractivity contribution is 0.0948. The maximum atomic E-state index is 11.8. The number of para-hydroxylation sites is 2. The predicted octanol–water partition coefficient (Wildman–Crippen LogP) is 0.700. The number of nitrogens with one attached hydrogen (secondary N) is 2. The summed E-state index contributed by atoms with van der Waals surface area (Å²) in [6.45, 7) is 1.93. The molecule has 2 amide bonds. The third-order valence-corrected chi connectivity index (χ3v) is 7.58. The quantitative estimate of drug-likeness (QED) is 0.401. The van der Waals surface area contributed by atoms with Gasteiger partial charge in [0.2, 0.25) is 15.0 Å². The van der Waals surface area contributed by atoms with Crippen LogP contribution in [0.4, 0.5) is 0 Å². The van der Waals surface area contributed by atoms with Crippen LogP contribution in [0.2, 0.25) is 0 Å². The second kappa shape index (κ2) is 8.57. The van der Waals surface area contributed by atoms with Gasteiger partial charge in [-0.2, -0.15) is 0 Å². The van der Waals surface area contributed by atoms with Gasteiger partial charge in [0, 0.05) is 38.7 Å². The SMILES string of the molecule is CS(=O)(=O)c1nc2cccc3c2n1CCNC3=O.CS(=O)c1nc2cccc3c2n1CCNC3=O. The smallest absolute Gasteiger partial charge is 0.253 e. The van der Waals surface area contributed by atoms with Gasteiger partial charge < -0.3 is 19.8 Å². The van der Waals surface area contributed by atoms with Gasteiger partial charge in [-0.1, -0.05) is 12.1 Å². The first-order valence-corrected chi connectivity index (χ1v) is 14.2. The van der Waals surface area contributed by atoms with E-state index in [1.54, 1.807) is 41.2 Å². The first kappa shape index (κ1) is 23.2. The van der Waals surface area contributed by atoms with Crippen molar-refractivity contribution in [1.82, 2.24) is 29.7 Å². The van der Waals surface area contributed by atoms with Gasteiger partial charge >= 0.3 is 0 Å². The highest BCUT2D eigenvalue weighted by Crippen LogP contribution is 2.25. The summed E-state index contributed by atoms with van der Waals surface area (Å²) in [4.78, 5) is 32.2. The van der Waals surface area contributed by atoms with Crippen LogP contribution in [-0.4, -0.2) is 69.1 Å². The molecule has 0 radical (unpaired) electrons. The van der Waals surface area contributed by atoms with E-state index in [1.165, 1.54) is 0 Å². The molecule has 4 aromatic rings. The molecule has 2 aliphatic heterocycles. The first-order chi connectivity index (χ1) is 16.7. The van der Waals surface area contributed by atoms with Crippen LogP contribution in [0.5, 0.6) is 0 Å². The summed E-state index contributed by atoms with van der Waals surface area (Å²) in [6, 6.07) is 10.5. The highest BCUT2D eigenvalue weighted by molar-refractivity contribution is 7.90. The number of benzene rings is 2. The zero-order valence-corrected chi connectivity index (χ0v) is 20.6. The van der Waals surface area contributed by atoms with Crippen LogP contribution in [0.1, 0.15) is 20.7 Å². The lowest BCUT2D eigenvalue weighted by Crippen LogP contribution is -2.24. The van der Waals surface area contributed by atoms with Crippen LogP contribution in [0.25, 0.3) is 22.1 Å². The molecule has 0 fully saturated rings. The highest BCUT2D eigenvalue weighted by atomic mass is 32.2. The van der Waals surface area contributed by atoms with Crippen molar-refractivity contribution < 1.29 is 22.2 Å². The molecule has 13 heteroatoms. The summed E-state index contributed by atoms with van der Waals surface area (Å²) in [5.74, 6) is -0.290. The van der Waals surface area contributed by atoms with Crippen molar-refractivity contribution >= 4 is 54.5 Å². The van der Waals surface area contributed by atoms with Gasteiger partial charge in [0.05, 0.1) is 44.0 Å². The van der Waals surface area contributed by atoms with Crippen molar-refractivity contribution in [1.29, 1.82) is 0 Å². The number of nitrogens with zero attached hydrogens (tertiary/aromatic N) is 4. The van der Waals surface area contributed by atoms with E-state index in [-0.39, 0.29) is 17.0 Å². The summed E-state index contributed by atoms with van der Waals surface area (Å²) in [7, 11) is -4.56. The van der Waals surface area contributed by atoms with E-state index in [0.717, 1.165) is 17.3 Å². The molecule has 1 atom stereocenters. The summed E-state index contributed by atoms with van der Waals surface area (Å²) in [5, 5.41) is 6.10. The Labute approximate surface area is 202 Å². The molecule has 11 nitrogen and oxygen atoms in total. The van der Waals surface area contributed by atoms with Crippen molar-refractivity contribution in [2.45, 2.75) is 23.4 Å².